The van der Waals surface area contributed by atoms with E-state index in [0.717, 1.165) is 16.7 Å². The summed E-state index contributed by atoms with van der Waals surface area (Å²) in [6.07, 6.45) is 3.39. The maximum absolute atomic E-state index is 10.2. The minimum atomic E-state index is 0.224. The number of aromatic nitrogens is 4. The summed E-state index contributed by atoms with van der Waals surface area (Å²) in [6.45, 7) is 0.973. The van der Waals surface area contributed by atoms with Crippen molar-refractivity contribution in [2.24, 2.45) is 0 Å². The van der Waals surface area contributed by atoms with Gasteiger partial charge in [0, 0.05) is 35.6 Å². The molecular formula is C21H19N5O2. The molecule has 2 aromatic heterocycles. The van der Waals surface area contributed by atoms with Crippen molar-refractivity contribution in [2.45, 2.75) is 13.1 Å². The van der Waals surface area contributed by atoms with E-state index in [1.165, 1.54) is 0 Å². The van der Waals surface area contributed by atoms with Gasteiger partial charge in [0.2, 0.25) is 11.8 Å². The van der Waals surface area contributed by atoms with Crippen LogP contribution in [0.15, 0.2) is 71.4 Å². The number of phenols is 1. The second-order valence-electron chi connectivity index (χ2n) is 6.46. The first-order chi connectivity index (χ1) is 13.7. The van der Waals surface area contributed by atoms with Crippen molar-refractivity contribution >= 4 is 0 Å². The minimum absolute atomic E-state index is 0.224. The van der Waals surface area contributed by atoms with E-state index < -0.39 is 0 Å². The molecule has 0 amide bonds. The standard InChI is InChI=1S/C21H19N5O2/c1-26(14-19-24-25-21(28-19)15-6-3-2-4-7-15)13-17-12-16(8-9-18(17)27)20-22-10-5-11-23-20/h2-12,27H,13-14H2,1H3. The summed E-state index contributed by atoms with van der Waals surface area (Å²) in [6, 6.07) is 16.8. The molecule has 0 aliphatic carbocycles. The van der Waals surface area contributed by atoms with Crippen molar-refractivity contribution in [1.29, 1.82) is 0 Å². The monoisotopic (exact) mass is 373 g/mol. The molecule has 0 aliphatic heterocycles. The van der Waals surface area contributed by atoms with E-state index in [9.17, 15) is 5.11 Å². The molecule has 0 spiro atoms. The highest BCUT2D eigenvalue weighted by Gasteiger charge is 2.13. The third kappa shape index (κ3) is 4.05. The van der Waals surface area contributed by atoms with Crippen molar-refractivity contribution in [3.05, 3.63) is 78.4 Å². The molecule has 0 bridgehead atoms. The Morgan fingerprint density at radius 3 is 2.46 bits per heavy atom. The smallest absolute Gasteiger partial charge is 0.247 e. The van der Waals surface area contributed by atoms with Gasteiger partial charge in [-0.05, 0) is 43.4 Å². The fourth-order valence-electron chi connectivity index (χ4n) is 2.89. The Morgan fingerprint density at radius 1 is 0.893 bits per heavy atom. The van der Waals surface area contributed by atoms with Gasteiger partial charge in [-0.3, -0.25) is 4.90 Å². The third-order valence-electron chi connectivity index (χ3n) is 4.24. The Kier molecular flexibility index (Phi) is 5.07. The topological polar surface area (TPSA) is 88.2 Å². The molecule has 7 heteroatoms. The van der Waals surface area contributed by atoms with E-state index in [-0.39, 0.29) is 5.75 Å². The molecule has 140 valence electrons. The largest absolute Gasteiger partial charge is 0.508 e. The van der Waals surface area contributed by atoms with Crippen molar-refractivity contribution in [1.82, 2.24) is 25.1 Å². The average Bonchev–Trinajstić information content (AvgIpc) is 3.19. The predicted octanol–water partition coefficient (Wildman–Crippen LogP) is 3.53. The van der Waals surface area contributed by atoms with Gasteiger partial charge in [0.05, 0.1) is 6.54 Å². The van der Waals surface area contributed by atoms with E-state index in [0.29, 0.717) is 30.7 Å². The van der Waals surface area contributed by atoms with Gasteiger partial charge in [-0.1, -0.05) is 18.2 Å². The van der Waals surface area contributed by atoms with Gasteiger partial charge in [0.25, 0.3) is 0 Å². The number of nitrogens with zero attached hydrogens (tertiary/aromatic N) is 5. The Hall–Kier alpha value is -3.58. The minimum Gasteiger partial charge on any atom is -0.508 e. The Morgan fingerprint density at radius 2 is 1.68 bits per heavy atom. The molecule has 0 saturated carbocycles. The van der Waals surface area contributed by atoms with Crippen LogP contribution in [-0.4, -0.2) is 37.2 Å². The van der Waals surface area contributed by atoms with Crippen LogP contribution in [0.5, 0.6) is 5.75 Å². The summed E-state index contributed by atoms with van der Waals surface area (Å²) >= 11 is 0. The lowest BCUT2D eigenvalue weighted by atomic mass is 10.1. The summed E-state index contributed by atoms with van der Waals surface area (Å²) in [7, 11) is 1.93. The van der Waals surface area contributed by atoms with E-state index in [4.69, 9.17) is 4.42 Å². The van der Waals surface area contributed by atoms with Gasteiger partial charge in [-0.25, -0.2) is 9.97 Å². The molecule has 2 aromatic carbocycles. The quantitative estimate of drug-likeness (QED) is 0.553. The van der Waals surface area contributed by atoms with Gasteiger partial charge in [-0.15, -0.1) is 10.2 Å². The normalized spacial score (nSPS) is 11.1. The molecule has 7 nitrogen and oxygen atoms in total. The van der Waals surface area contributed by atoms with Gasteiger partial charge in [0.15, 0.2) is 5.82 Å². The van der Waals surface area contributed by atoms with Crippen LogP contribution >= 0.6 is 0 Å². The highest BCUT2D eigenvalue weighted by molar-refractivity contribution is 5.58. The van der Waals surface area contributed by atoms with E-state index in [1.54, 1.807) is 30.6 Å². The Bertz CT molecular complexity index is 1050. The van der Waals surface area contributed by atoms with E-state index in [2.05, 4.69) is 20.2 Å². The van der Waals surface area contributed by atoms with E-state index in [1.807, 2.05) is 48.3 Å². The molecule has 0 aliphatic rings. The molecule has 28 heavy (non-hydrogen) atoms. The lowest BCUT2D eigenvalue weighted by molar-refractivity contribution is 0.279. The highest BCUT2D eigenvalue weighted by Crippen LogP contribution is 2.25. The Labute approximate surface area is 162 Å². The first-order valence-corrected chi connectivity index (χ1v) is 8.84. The summed E-state index contributed by atoms with van der Waals surface area (Å²) in [4.78, 5) is 10.5. The zero-order valence-electron chi connectivity index (χ0n) is 15.4. The molecule has 4 aromatic rings. The van der Waals surface area contributed by atoms with Gasteiger partial charge in [0.1, 0.15) is 5.75 Å². The highest BCUT2D eigenvalue weighted by atomic mass is 16.4. The summed E-state index contributed by atoms with van der Waals surface area (Å²) in [5, 5.41) is 18.5. The molecule has 4 rings (SSSR count). The maximum atomic E-state index is 10.2. The van der Waals surface area contributed by atoms with Gasteiger partial charge in [-0.2, -0.15) is 0 Å². The number of rotatable bonds is 6. The molecule has 0 saturated heterocycles. The van der Waals surface area contributed by atoms with Crippen LogP contribution in [0.25, 0.3) is 22.8 Å². The van der Waals surface area contributed by atoms with Crippen molar-refractivity contribution in [2.75, 3.05) is 7.05 Å². The van der Waals surface area contributed by atoms with Crippen LogP contribution in [0, 0.1) is 0 Å². The number of benzene rings is 2. The lowest BCUT2D eigenvalue weighted by Crippen LogP contribution is -2.17. The van der Waals surface area contributed by atoms with Crippen LogP contribution in [0.4, 0.5) is 0 Å². The first kappa shape index (κ1) is 17.8. The van der Waals surface area contributed by atoms with E-state index >= 15 is 0 Å². The first-order valence-electron chi connectivity index (χ1n) is 8.84. The maximum Gasteiger partial charge on any atom is 0.247 e. The number of hydrogen-bond donors (Lipinski definition) is 1. The van der Waals surface area contributed by atoms with Crippen molar-refractivity contribution in [3.63, 3.8) is 0 Å². The Balaban J connectivity index is 1.47. The number of hydrogen-bond acceptors (Lipinski definition) is 7. The van der Waals surface area contributed by atoms with Crippen LogP contribution in [0.2, 0.25) is 0 Å². The van der Waals surface area contributed by atoms with Crippen LogP contribution < -0.4 is 0 Å². The van der Waals surface area contributed by atoms with Crippen LogP contribution in [-0.2, 0) is 13.1 Å². The summed E-state index contributed by atoms with van der Waals surface area (Å²) in [5.41, 5.74) is 2.51. The second kappa shape index (κ2) is 7.98. The SMILES string of the molecule is CN(Cc1nnc(-c2ccccc2)o1)Cc1cc(-c2ncccn2)ccc1O. The summed E-state index contributed by atoms with van der Waals surface area (Å²) in [5.74, 6) is 1.86. The molecular weight excluding hydrogens is 354 g/mol. The third-order valence-corrected chi connectivity index (χ3v) is 4.24. The number of aromatic hydroxyl groups is 1. The molecule has 0 unspecified atom stereocenters. The average molecular weight is 373 g/mol. The molecule has 0 atom stereocenters. The molecule has 1 N–H and O–H groups in total. The van der Waals surface area contributed by atoms with Gasteiger partial charge >= 0.3 is 0 Å². The van der Waals surface area contributed by atoms with Crippen LogP contribution in [0.3, 0.4) is 0 Å². The van der Waals surface area contributed by atoms with Crippen LogP contribution in [0.1, 0.15) is 11.5 Å². The number of phenolic OH excluding ortho intramolecular Hbond substituents is 1. The molecule has 0 fully saturated rings. The van der Waals surface area contributed by atoms with Gasteiger partial charge < -0.3 is 9.52 Å². The molecule has 0 radical (unpaired) electrons. The zero-order valence-corrected chi connectivity index (χ0v) is 15.4. The fourth-order valence-corrected chi connectivity index (χ4v) is 2.89. The zero-order chi connectivity index (χ0) is 19.3. The fraction of sp³-hybridized carbons (Fsp3) is 0.143. The second-order valence-corrected chi connectivity index (χ2v) is 6.46. The van der Waals surface area contributed by atoms with Crippen molar-refractivity contribution < 1.29 is 9.52 Å². The van der Waals surface area contributed by atoms with Crippen molar-refractivity contribution in [3.8, 4) is 28.6 Å². The summed E-state index contributed by atoms with van der Waals surface area (Å²) < 4.78 is 5.75. The lowest BCUT2D eigenvalue weighted by Gasteiger charge is -2.16. The molecule has 2 heterocycles. The predicted molar refractivity (Wildman–Crippen MR) is 104 cm³/mol.